The molecule has 2 saturated heterocycles. The fraction of sp³-hybridized carbons (Fsp3) is 0.333. The van der Waals surface area contributed by atoms with Gasteiger partial charge in [0, 0.05) is 38.4 Å². The van der Waals surface area contributed by atoms with Crippen LogP contribution in [-0.2, 0) is 11.3 Å². The summed E-state index contributed by atoms with van der Waals surface area (Å²) in [5.74, 6) is -0.340. The SMILES string of the molecule is N#CCn1c(N2CC(N3CCOCC3)C2)c(-c2ccc(F)c(Cl)c2)c(=O)n(-c2cncc(Cl)c2)c1=O. The Balaban J connectivity index is 1.71. The number of ether oxygens (including phenoxy) is 1. The number of halogens is 3. The van der Waals surface area contributed by atoms with E-state index >= 15 is 0 Å². The van der Waals surface area contributed by atoms with Crippen molar-refractivity contribution < 1.29 is 9.13 Å². The van der Waals surface area contributed by atoms with Gasteiger partial charge in [-0.05, 0) is 23.8 Å². The normalized spacial score (nSPS) is 16.6. The third-order valence-electron chi connectivity index (χ3n) is 6.43. The summed E-state index contributed by atoms with van der Waals surface area (Å²) in [5.41, 5.74) is -0.739. The van der Waals surface area contributed by atoms with Crippen LogP contribution in [0.25, 0.3) is 16.8 Å². The maximum Gasteiger partial charge on any atom is 0.338 e. The Morgan fingerprint density at radius 3 is 2.56 bits per heavy atom. The number of nitrogens with zero attached hydrogens (tertiary/aromatic N) is 6. The van der Waals surface area contributed by atoms with Gasteiger partial charge < -0.3 is 9.64 Å². The van der Waals surface area contributed by atoms with Gasteiger partial charge in [-0.3, -0.25) is 19.2 Å². The lowest BCUT2D eigenvalue weighted by Crippen LogP contribution is -2.63. The summed E-state index contributed by atoms with van der Waals surface area (Å²) >= 11 is 12.1. The minimum Gasteiger partial charge on any atom is -0.379 e. The first-order valence-corrected chi connectivity index (χ1v) is 12.0. The minimum atomic E-state index is -0.701. The summed E-state index contributed by atoms with van der Waals surface area (Å²) in [5, 5.41) is 9.64. The van der Waals surface area contributed by atoms with Crippen LogP contribution >= 0.6 is 23.2 Å². The summed E-state index contributed by atoms with van der Waals surface area (Å²) in [6.07, 6.45) is 2.72. The van der Waals surface area contributed by atoms with E-state index in [1.165, 1.54) is 41.2 Å². The van der Waals surface area contributed by atoms with Gasteiger partial charge in [-0.15, -0.1) is 0 Å². The maximum atomic E-state index is 14.0. The zero-order valence-electron chi connectivity index (χ0n) is 19.0. The summed E-state index contributed by atoms with van der Waals surface area (Å²) in [6, 6.07) is 7.61. The van der Waals surface area contributed by atoms with Crippen molar-refractivity contribution in [3.05, 3.63) is 73.4 Å². The molecular formula is C24H21Cl2FN6O3. The van der Waals surface area contributed by atoms with Crippen molar-refractivity contribution >= 4 is 29.0 Å². The molecule has 4 heterocycles. The molecule has 0 atom stereocenters. The molecule has 0 spiro atoms. The highest BCUT2D eigenvalue weighted by Crippen LogP contribution is 2.33. The molecule has 0 unspecified atom stereocenters. The predicted octanol–water partition coefficient (Wildman–Crippen LogP) is 2.55. The Kier molecular flexibility index (Phi) is 6.81. The van der Waals surface area contributed by atoms with Crippen LogP contribution in [0.1, 0.15) is 0 Å². The molecular weight excluding hydrogens is 510 g/mol. The van der Waals surface area contributed by atoms with Gasteiger partial charge in [-0.2, -0.15) is 5.26 Å². The maximum absolute atomic E-state index is 14.0. The lowest BCUT2D eigenvalue weighted by Gasteiger charge is -2.48. The molecule has 2 aliphatic rings. The van der Waals surface area contributed by atoms with Crippen LogP contribution in [-0.4, -0.2) is 64.5 Å². The second-order valence-electron chi connectivity index (χ2n) is 8.56. The van der Waals surface area contributed by atoms with E-state index in [2.05, 4.69) is 9.88 Å². The molecule has 186 valence electrons. The first-order valence-electron chi connectivity index (χ1n) is 11.3. The van der Waals surface area contributed by atoms with Crippen molar-refractivity contribution in [1.29, 1.82) is 5.26 Å². The van der Waals surface area contributed by atoms with Gasteiger partial charge in [0.15, 0.2) is 0 Å². The monoisotopic (exact) mass is 530 g/mol. The number of rotatable bonds is 5. The molecule has 2 fully saturated rings. The number of hydrogen-bond acceptors (Lipinski definition) is 7. The van der Waals surface area contributed by atoms with Gasteiger partial charge in [0.2, 0.25) is 0 Å². The smallest absolute Gasteiger partial charge is 0.338 e. The van der Waals surface area contributed by atoms with E-state index in [-0.39, 0.29) is 33.9 Å². The summed E-state index contributed by atoms with van der Waals surface area (Å²) in [6.45, 7) is 3.70. The summed E-state index contributed by atoms with van der Waals surface area (Å²) in [7, 11) is 0. The fourth-order valence-corrected chi connectivity index (χ4v) is 4.99. The van der Waals surface area contributed by atoms with Gasteiger partial charge in [0.1, 0.15) is 18.2 Å². The standard InChI is InChI=1S/C24H21Cl2FN6O3/c25-16-10-17(12-29-11-16)33-23(34)21(15-1-2-20(27)19(26)9-15)22(32(4-3-28)24(33)35)31-13-18(14-31)30-5-7-36-8-6-30/h1-2,9-12,18H,4-8,13-14H2. The zero-order valence-corrected chi connectivity index (χ0v) is 20.5. The highest BCUT2D eigenvalue weighted by atomic mass is 35.5. The lowest BCUT2D eigenvalue weighted by atomic mass is 10.0. The number of anilines is 1. The molecule has 12 heteroatoms. The molecule has 2 aliphatic heterocycles. The molecule has 0 N–H and O–H groups in total. The molecule has 0 amide bonds. The zero-order chi connectivity index (χ0) is 25.4. The summed E-state index contributed by atoms with van der Waals surface area (Å²) in [4.78, 5) is 35.7. The predicted molar refractivity (Wildman–Crippen MR) is 134 cm³/mol. The van der Waals surface area contributed by atoms with Crippen molar-refractivity contribution in [3.8, 4) is 22.9 Å². The van der Waals surface area contributed by atoms with Gasteiger partial charge in [0.05, 0.1) is 46.8 Å². The van der Waals surface area contributed by atoms with E-state index in [4.69, 9.17) is 27.9 Å². The Morgan fingerprint density at radius 2 is 1.89 bits per heavy atom. The average Bonchev–Trinajstić information content (AvgIpc) is 2.83. The van der Waals surface area contributed by atoms with Gasteiger partial charge in [0.25, 0.3) is 5.56 Å². The molecule has 0 aliphatic carbocycles. The van der Waals surface area contributed by atoms with Crippen molar-refractivity contribution in [3.63, 3.8) is 0 Å². The highest BCUT2D eigenvalue weighted by Gasteiger charge is 2.37. The van der Waals surface area contributed by atoms with Gasteiger partial charge in [-0.25, -0.2) is 13.8 Å². The Hall–Kier alpha value is -3.23. The average molecular weight is 531 g/mol. The Morgan fingerprint density at radius 1 is 1.14 bits per heavy atom. The van der Waals surface area contributed by atoms with E-state index < -0.39 is 17.1 Å². The van der Waals surface area contributed by atoms with Crippen LogP contribution in [0.4, 0.5) is 10.2 Å². The first-order chi connectivity index (χ1) is 17.4. The van der Waals surface area contributed by atoms with E-state index in [1.54, 1.807) is 0 Å². The number of benzene rings is 1. The third-order valence-corrected chi connectivity index (χ3v) is 6.92. The molecule has 36 heavy (non-hydrogen) atoms. The fourth-order valence-electron chi connectivity index (χ4n) is 4.64. The van der Waals surface area contributed by atoms with Crippen molar-refractivity contribution in [2.45, 2.75) is 12.6 Å². The van der Waals surface area contributed by atoms with Crippen LogP contribution in [0.2, 0.25) is 10.0 Å². The lowest BCUT2D eigenvalue weighted by molar-refractivity contribution is 0.0103. The topological polar surface area (TPSA) is 96.4 Å². The van der Waals surface area contributed by atoms with Crippen molar-refractivity contribution in [1.82, 2.24) is 19.0 Å². The summed E-state index contributed by atoms with van der Waals surface area (Å²) < 4.78 is 21.6. The minimum absolute atomic E-state index is 0.132. The molecule has 0 bridgehead atoms. The number of hydrogen-bond donors (Lipinski definition) is 0. The second-order valence-corrected chi connectivity index (χ2v) is 9.41. The van der Waals surface area contributed by atoms with Crippen molar-refractivity contribution in [2.75, 3.05) is 44.3 Å². The largest absolute Gasteiger partial charge is 0.379 e. The number of morpholine rings is 1. The van der Waals surface area contributed by atoms with Crippen LogP contribution in [0.15, 0.2) is 46.2 Å². The van der Waals surface area contributed by atoms with E-state index in [9.17, 15) is 19.2 Å². The Bertz CT molecular complexity index is 1470. The molecule has 5 rings (SSSR count). The molecule has 2 aromatic heterocycles. The van der Waals surface area contributed by atoms with Crippen LogP contribution in [0.3, 0.4) is 0 Å². The highest BCUT2D eigenvalue weighted by molar-refractivity contribution is 6.31. The molecule has 0 saturated carbocycles. The molecule has 9 nitrogen and oxygen atoms in total. The van der Waals surface area contributed by atoms with Crippen LogP contribution in [0, 0.1) is 17.1 Å². The van der Waals surface area contributed by atoms with Crippen LogP contribution < -0.4 is 16.1 Å². The van der Waals surface area contributed by atoms with Crippen LogP contribution in [0.5, 0.6) is 0 Å². The first kappa shape index (κ1) is 24.5. The third kappa shape index (κ3) is 4.40. The number of pyridine rings is 1. The van der Waals surface area contributed by atoms with Crippen molar-refractivity contribution in [2.24, 2.45) is 0 Å². The molecule has 1 aromatic carbocycles. The van der Waals surface area contributed by atoms with E-state index in [1.807, 2.05) is 11.0 Å². The Labute approximate surface area is 215 Å². The number of aromatic nitrogens is 3. The van der Waals surface area contributed by atoms with Gasteiger partial charge in [-0.1, -0.05) is 29.3 Å². The molecule has 0 radical (unpaired) electrons. The van der Waals surface area contributed by atoms with E-state index in [0.29, 0.717) is 37.7 Å². The number of nitriles is 1. The van der Waals surface area contributed by atoms with Gasteiger partial charge >= 0.3 is 5.69 Å². The molecule has 3 aromatic rings. The quantitative estimate of drug-likeness (QED) is 0.500. The van der Waals surface area contributed by atoms with E-state index in [0.717, 1.165) is 17.7 Å². The second kappa shape index (κ2) is 10.0.